The van der Waals surface area contributed by atoms with E-state index in [1.807, 2.05) is 4.90 Å². The second-order valence-corrected chi connectivity index (χ2v) is 8.10. The van der Waals surface area contributed by atoms with Gasteiger partial charge in [-0.15, -0.1) is 0 Å². The van der Waals surface area contributed by atoms with Gasteiger partial charge in [-0.1, -0.05) is 12.1 Å². The lowest BCUT2D eigenvalue weighted by Crippen LogP contribution is -2.47. The molecule has 3 N–H and O–H groups in total. The lowest BCUT2D eigenvalue weighted by Gasteiger charge is -2.33. The molecule has 3 amide bonds. The van der Waals surface area contributed by atoms with E-state index in [1.54, 1.807) is 36.4 Å². The maximum Gasteiger partial charge on any atom is 0.309 e. The SMILES string of the molecule is C[C@H](OC(=O)C1CCN(c2ccc(C(N)=O)cn2)CC1)C(=O)N1CC(=O)Nc2ccccc21. The van der Waals surface area contributed by atoms with Crippen LogP contribution in [-0.4, -0.2) is 54.4 Å². The Balaban J connectivity index is 1.33. The smallest absolute Gasteiger partial charge is 0.309 e. The van der Waals surface area contributed by atoms with Crippen LogP contribution in [0.2, 0.25) is 0 Å². The Bertz CT molecular complexity index is 1080. The summed E-state index contributed by atoms with van der Waals surface area (Å²) >= 11 is 0. The van der Waals surface area contributed by atoms with E-state index in [0.717, 1.165) is 0 Å². The minimum Gasteiger partial charge on any atom is -0.452 e. The van der Waals surface area contributed by atoms with Crippen LogP contribution in [0.3, 0.4) is 0 Å². The number of nitrogens with one attached hydrogen (secondary N) is 1. The minimum atomic E-state index is -1.02. The third kappa shape index (κ3) is 4.79. The Morgan fingerprint density at radius 2 is 1.88 bits per heavy atom. The van der Waals surface area contributed by atoms with Gasteiger partial charge in [0.1, 0.15) is 12.4 Å². The van der Waals surface area contributed by atoms with Gasteiger partial charge in [0, 0.05) is 19.3 Å². The molecule has 4 rings (SSSR count). The molecule has 1 fully saturated rings. The highest BCUT2D eigenvalue weighted by molar-refractivity contribution is 6.11. The number of benzene rings is 1. The molecular formula is C23H25N5O5. The first-order chi connectivity index (χ1) is 15.8. The predicted molar refractivity (Wildman–Crippen MR) is 121 cm³/mol. The number of nitrogens with zero attached hydrogens (tertiary/aromatic N) is 3. The highest BCUT2D eigenvalue weighted by atomic mass is 16.5. The first kappa shape index (κ1) is 22.3. The van der Waals surface area contributed by atoms with E-state index in [0.29, 0.717) is 48.7 Å². The van der Waals surface area contributed by atoms with Gasteiger partial charge in [0.15, 0.2) is 6.10 Å². The second-order valence-electron chi connectivity index (χ2n) is 8.10. The van der Waals surface area contributed by atoms with Crippen LogP contribution in [0.5, 0.6) is 0 Å². The molecule has 0 unspecified atom stereocenters. The molecule has 10 nitrogen and oxygen atoms in total. The molecule has 3 heterocycles. The van der Waals surface area contributed by atoms with Gasteiger partial charge in [-0.2, -0.15) is 0 Å². The van der Waals surface area contributed by atoms with Gasteiger partial charge in [-0.05, 0) is 44.0 Å². The molecule has 2 aliphatic rings. The molecule has 1 aromatic carbocycles. The number of esters is 1. The number of amides is 3. The number of ether oxygens (including phenoxy) is 1. The van der Waals surface area contributed by atoms with Gasteiger partial charge in [0.25, 0.3) is 5.91 Å². The Hall–Kier alpha value is -3.95. The van der Waals surface area contributed by atoms with Gasteiger partial charge in [-0.25, -0.2) is 4.98 Å². The zero-order chi connectivity index (χ0) is 23.5. The number of hydrogen-bond donors (Lipinski definition) is 2. The summed E-state index contributed by atoms with van der Waals surface area (Å²) in [5.74, 6) is -1.34. The van der Waals surface area contributed by atoms with Gasteiger partial charge in [0.05, 0.1) is 22.9 Å². The van der Waals surface area contributed by atoms with Crippen molar-refractivity contribution in [2.75, 3.05) is 34.8 Å². The average molecular weight is 451 g/mol. The Labute approximate surface area is 190 Å². The molecule has 0 spiro atoms. The topological polar surface area (TPSA) is 135 Å². The molecule has 10 heteroatoms. The number of pyridine rings is 1. The standard InChI is InChI=1S/C23H25N5O5/c1-14(22(31)28-13-20(29)26-17-4-2-3-5-18(17)28)33-23(32)15-8-10-27(11-9-15)19-7-6-16(12-25-19)21(24)30/h2-7,12,14-15H,8-11,13H2,1H3,(H2,24,30)(H,26,29)/t14-/m0/s1. The molecule has 1 saturated heterocycles. The normalized spacial score (nSPS) is 17.1. The molecular weight excluding hydrogens is 426 g/mol. The molecule has 172 valence electrons. The van der Waals surface area contributed by atoms with Crippen molar-refractivity contribution < 1.29 is 23.9 Å². The van der Waals surface area contributed by atoms with Crippen molar-refractivity contribution in [2.24, 2.45) is 11.7 Å². The summed E-state index contributed by atoms with van der Waals surface area (Å²) in [5, 5.41) is 2.73. The number of nitrogens with two attached hydrogens (primary N) is 1. The van der Waals surface area contributed by atoms with Crippen molar-refractivity contribution in [2.45, 2.75) is 25.9 Å². The number of primary amides is 1. The zero-order valence-corrected chi connectivity index (χ0v) is 18.2. The number of carbonyl (C=O) groups is 4. The fourth-order valence-electron chi connectivity index (χ4n) is 4.03. The fraction of sp³-hybridized carbons (Fsp3) is 0.348. The van der Waals surface area contributed by atoms with E-state index in [2.05, 4.69) is 10.3 Å². The Morgan fingerprint density at radius 1 is 1.15 bits per heavy atom. The molecule has 33 heavy (non-hydrogen) atoms. The van der Waals surface area contributed by atoms with Crippen molar-refractivity contribution in [3.8, 4) is 0 Å². The maximum atomic E-state index is 13.0. The largest absolute Gasteiger partial charge is 0.452 e. The van der Waals surface area contributed by atoms with E-state index in [4.69, 9.17) is 10.5 Å². The second kappa shape index (κ2) is 9.27. The first-order valence-electron chi connectivity index (χ1n) is 10.7. The van der Waals surface area contributed by atoms with Crippen molar-refractivity contribution in [3.63, 3.8) is 0 Å². The van der Waals surface area contributed by atoms with Crippen molar-refractivity contribution in [1.82, 2.24) is 4.98 Å². The molecule has 2 aliphatic heterocycles. The molecule has 0 radical (unpaired) electrons. The van der Waals surface area contributed by atoms with Gasteiger partial charge >= 0.3 is 5.97 Å². The van der Waals surface area contributed by atoms with Crippen LogP contribution in [-0.2, 0) is 19.1 Å². The quantitative estimate of drug-likeness (QED) is 0.655. The number of rotatable bonds is 5. The third-order valence-electron chi connectivity index (χ3n) is 5.86. The van der Waals surface area contributed by atoms with E-state index >= 15 is 0 Å². The van der Waals surface area contributed by atoms with Gasteiger partial charge < -0.3 is 20.7 Å². The maximum absolute atomic E-state index is 13.0. The number of hydrogen-bond acceptors (Lipinski definition) is 7. The first-order valence-corrected chi connectivity index (χ1v) is 10.7. The summed E-state index contributed by atoms with van der Waals surface area (Å²) in [6, 6.07) is 10.3. The summed E-state index contributed by atoms with van der Waals surface area (Å²) < 4.78 is 5.49. The number of fused-ring (bicyclic) bond motifs is 1. The molecule has 0 saturated carbocycles. The van der Waals surface area contributed by atoms with Crippen LogP contribution in [0.15, 0.2) is 42.6 Å². The van der Waals surface area contributed by atoms with Crippen LogP contribution in [0, 0.1) is 5.92 Å². The lowest BCUT2D eigenvalue weighted by atomic mass is 9.97. The Morgan fingerprint density at radius 3 is 2.55 bits per heavy atom. The summed E-state index contributed by atoms with van der Waals surface area (Å²) in [5.41, 5.74) is 6.70. The number of anilines is 3. The molecule has 1 atom stereocenters. The van der Waals surface area contributed by atoms with Crippen molar-refractivity contribution in [1.29, 1.82) is 0 Å². The number of para-hydroxylation sites is 2. The van der Waals surface area contributed by atoms with Crippen molar-refractivity contribution >= 4 is 40.9 Å². The van der Waals surface area contributed by atoms with Crippen LogP contribution >= 0.6 is 0 Å². The lowest BCUT2D eigenvalue weighted by molar-refractivity contribution is -0.158. The highest BCUT2D eigenvalue weighted by Gasteiger charge is 2.34. The molecule has 1 aromatic heterocycles. The average Bonchev–Trinajstić information content (AvgIpc) is 2.83. The zero-order valence-electron chi connectivity index (χ0n) is 18.2. The summed E-state index contributed by atoms with van der Waals surface area (Å²) in [4.78, 5) is 56.5. The minimum absolute atomic E-state index is 0.127. The van der Waals surface area contributed by atoms with Crippen LogP contribution in [0.25, 0.3) is 0 Å². The van der Waals surface area contributed by atoms with E-state index in [1.165, 1.54) is 18.0 Å². The summed E-state index contributed by atoms with van der Waals surface area (Å²) in [6.45, 7) is 2.57. The molecule has 2 aromatic rings. The van der Waals surface area contributed by atoms with Gasteiger partial charge in [-0.3, -0.25) is 24.1 Å². The van der Waals surface area contributed by atoms with E-state index in [9.17, 15) is 19.2 Å². The van der Waals surface area contributed by atoms with Gasteiger partial charge in [0.2, 0.25) is 11.8 Å². The van der Waals surface area contributed by atoms with Crippen LogP contribution < -0.4 is 20.9 Å². The van der Waals surface area contributed by atoms with Crippen LogP contribution in [0.4, 0.5) is 17.2 Å². The molecule has 0 aliphatic carbocycles. The number of piperidine rings is 1. The monoisotopic (exact) mass is 451 g/mol. The molecule has 0 bridgehead atoms. The predicted octanol–water partition coefficient (Wildman–Crippen LogP) is 1.31. The summed E-state index contributed by atoms with van der Waals surface area (Å²) in [7, 11) is 0. The summed E-state index contributed by atoms with van der Waals surface area (Å²) in [6.07, 6.45) is 1.52. The van der Waals surface area contributed by atoms with Crippen molar-refractivity contribution in [3.05, 3.63) is 48.2 Å². The fourth-order valence-corrected chi connectivity index (χ4v) is 4.03. The third-order valence-corrected chi connectivity index (χ3v) is 5.86. The van der Waals surface area contributed by atoms with E-state index in [-0.39, 0.29) is 18.4 Å². The number of carbonyl (C=O) groups excluding carboxylic acids is 4. The van der Waals surface area contributed by atoms with Crippen LogP contribution in [0.1, 0.15) is 30.1 Å². The number of aromatic nitrogens is 1. The highest BCUT2D eigenvalue weighted by Crippen LogP contribution is 2.30. The Kier molecular flexibility index (Phi) is 6.25. The van der Waals surface area contributed by atoms with E-state index < -0.39 is 23.9 Å².